The van der Waals surface area contributed by atoms with Gasteiger partial charge in [0, 0.05) is 19.7 Å². The van der Waals surface area contributed by atoms with Crippen molar-refractivity contribution in [3.63, 3.8) is 0 Å². The van der Waals surface area contributed by atoms with Crippen LogP contribution < -0.4 is 16.0 Å². The van der Waals surface area contributed by atoms with E-state index in [1.807, 2.05) is 19.9 Å². The van der Waals surface area contributed by atoms with E-state index >= 15 is 0 Å². The van der Waals surface area contributed by atoms with Crippen molar-refractivity contribution in [2.75, 3.05) is 19.7 Å². The summed E-state index contributed by atoms with van der Waals surface area (Å²) < 4.78 is 11.4. The minimum Gasteiger partial charge on any atom is -0.444 e. The number of hydrogen-bond acceptors (Lipinski definition) is 7. The number of hydrogen-bond donors (Lipinski definition) is 3. The van der Waals surface area contributed by atoms with Crippen molar-refractivity contribution < 1.29 is 33.4 Å². The molecule has 42 heavy (non-hydrogen) atoms. The first-order valence-electron chi connectivity index (χ1n) is 15.0. The molecular weight excluding hydrogens is 540 g/mol. The first-order chi connectivity index (χ1) is 19.7. The number of alkyl carbamates (subject to hydrolysis) is 1. The number of Topliss-reactive ketones (excluding diaryl/α,β-unsaturated/α-hetero) is 1. The summed E-state index contributed by atoms with van der Waals surface area (Å²) in [5.74, 6) is -2.62. The van der Waals surface area contributed by atoms with Gasteiger partial charge in [-0.15, -0.1) is 6.58 Å². The van der Waals surface area contributed by atoms with Crippen LogP contribution in [0.1, 0.15) is 86.5 Å². The van der Waals surface area contributed by atoms with Crippen molar-refractivity contribution in [2.24, 2.45) is 5.92 Å². The van der Waals surface area contributed by atoms with Gasteiger partial charge in [-0.25, -0.2) is 4.79 Å². The van der Waals surface area contributed by atoms with Gasteiger partial charge < -0.3 is 30.3 Å². The molecular formula is C31H50N4O7. The molecule has 0 aliphatic carbocycles. The van der Waals surface area contributed by atoms with Crippen LogP contribution in [-0.2, 0) is 28.7 Å². The zero-order chi connectivity index (χ0) is 31.4. The maximum atomic E-state index is 14.1. The number of fused-ring (bicyclic) bond motifs is 1. The summed E-state index contributed by atoms with van der Waals surface area (Å²) in [4.78, 5) is 67.6. The van der Waals surface area contributed by atoms with Crippen molar-refractivity contribution in [1.29, 1.82) is 0 Å². The smallest absolute Gasteiger partial charge is 0.408 e. The van der Waals surface area contributed by atoms with Gasteiger partial charge in [0.1, 0.15) is 17.7 Å². The van der Waals surface area contributed by atoms with E-state index in [4.69, 9.17) is 9.47 Å². The minimum atomic E-state index is -1.10. The molecule has 0 spiro atoms. The highest BCUT2D eigenvalue weighted by Gasteiger charge is 2.44. The van der Waals surface area contributed by atoms with E-state index in [1.54, 1.807) is 27.7 Å². The minimum absolute atomic E-state index is 0.111. The normalized spacial score (nSPS) is 26.3. The van der Waals surface area contributed by atoms with E-state index in [-0.39, 0.29) is 19.0 Å². The quantitative estimate of drug-likeness (QED) is 0.319. The van der Waals surface area contributed by atoms with E-state index in [0.29, 0.717) is 25.9 Å². The van der Waals surface area contributed by atoms with Crippen molar-refractivity contribution in [3.05, 3.63) is 24.3 Å². The zero-order valence-corrected chi connectivity index (χ0v) is 26.1. The average molecular weight is 591 g/mol. The van der Waals surface area contributed by atoms with Crippen LogP contribution in [0.2, 0.25) is 0 Å². The Morgan fingerprint density at radius 3 is 2.43 bits per heavy atom. The van der Waals surface area contributed by atoms with Crippen LogP contribution in [0.15, 0.2) is 24.3 Å². The lowest BCUT2D eigenvalue weighted by Crippen LogP contribution is -2.59. The summed E-state index contributed by atoms with van der Waals surface area (Å²) >= 11 is 0. The van der Waals surface area contributed by atoms with Gasteiger partial charge in [0.2, 0.25) is 17.6 Å². The second kappa shape index (κ2) is 16.4. The lowest BCUT2D eigenvalue weighted by atomic mass is 10.00. The average Bonchev–Trinajstić information content (AvgIpc) is 3.31. The number of rotatable bonds is 6. The molecule has 236 valence electrons. The Morgan fingerprint density at radius 2 is 1.79 bits per heavy atom. The van der Waals surface area contributed by atoms with Crippen LogP contribution in [0.5, 0.6) is 0 Å². The van der Waals surface area contributed by atoms with Gasteiger partial charge >= 0.3 is 6.09 Å². The fraction of sp³-hybridized carbons (Fsp3) is 0.710. The Morgan fingerprint density at radius 1 is 1.12 bits per heavy atom. The number of nitrogens with zero attached hydrogens (tertiary/aromatic N) is 1. The van der Waals surface area contributed by atoms with Gasteiger partial charge in [-0.1, -0.05) is 43.4 Å². The summed E-state index contributed by atoms with van der Waals surface area (Å²) in [6.07, 6.45) is 6.66. The largest absolute Gasteiger partial charge is 0.444 e. The first-order valence-corrected chi connectivity index (χ1v) is 15.0. The molecule has 0 aromatic rings. The third kappa shape index (κ3) is 11.2. The third-order valence-electron chi connectivity index (χ3n) is 7.18. The molecule has 11 nitrogen and oxygen atoms in total. The second-order valence-corrected chi connectivity index (χ2v) is 12.4. The maximum Gasteiger partial charge on any atom is 0.408 e. The highest BCUT2D eigenvalue weighted by Crippen LogP contribution is 2.28. The van der Waals surface area contributed by atoms with E-state index in [0.717, 1.165) is 31.3 Å². The molecule has 2 heterocycles. The fourth-order valence-electron chi connectivity index (χ4n) is 5.24. The number of nitrogens with one attached hydrogen (secondary N) is 3. The Bertz CT molecular complexity index is 1020. The first kappa shape index (κ1) is 35.0. The van der Waals surface area contributed by atoms with Crippen LogP contribution in [0.3, 0.4) is 0 Å². The van der Waals surface area contributed by atoms with Crippen LogP contribution in [-0.4, -0.2) is 84.0 Å². The van der Waals surface area contributed by atoms with E-state index in [2.05, 4.69) is 22.5 Å². The molecule has 2 fully saturated rings. The standard InChI is InChI=1S/C31H50N4O7/c1-8-15-32-28(38)26(36)23-14-12-10-9-11-13-16-41-21(4)25(34-30(40)42-31(5,6)7)29(39)35-19-22(17-20(2)3)18-24(35)27(37)33-23/h8,17,21-25H,1,9-16,18-19H2,2-7H3,(H,32,38)(H,33,37)(H,34,40)/t21-,22+,23-,24-,25-/m0/s1. The molecule has 11 heteroatoms. The SMILES string of the molecule is C=CCNC(=O)C(=O)[C@@H]1CCCCCCCO[C@@H](C)[C@H](NC(=O)OC(C)(C)C)C(=O)N2C[C@H](C=C(C)C)C[C@H]2C(=O)N1. The molecule has 2 aliphatic heterocycles. The highest BCUT2D eigenvalue weighted by atomic mass is 16.6. The molecule has 0 aromatic heterocycles. The van der Waals surface area contributed by atoms with E-state index in [1.165, 1.54) is 11.0 Å². The number of carbonyl (C=O) groups is 5. The van der Waals surface area contributed by atoms with Crippen LogP contribution >= 0.6 is 0 Å². The van der Waals surface area contributed by atoms with Gasteiger partial charge in [0.15, 0.2) is 0 Å². The number of ether oxygens (including phenoxy) is 2. The Hall–Kier alpha value is -3.21. The van der Waals surface area contributed by atoms with Crippen molar-refractivity contribution >= 4 is 29.6 Å². The molecule has 0 radical (unpaired) electrons. The molecule has 0 saturated carbocycles. The molecule has 4 amide bonds. The van der Waals surface area contributed by atoms with Crippen molar-refractivity contribution in [1.82, 2.24) is 20.9 Å². The summed E-state index contributed by atoms with van der Waals surface area (Å²) in [6, 6.07) is -3.03. The molecule has 5 atom stereocenters. The van der Waals surface area contributed by atoms with E-state index < -0.39 is 59.4 Å². The molecule has 2 aliphatic rings. The predicted octanol–water partition coefficient (Wildman–Crippen LogP) is 3.18. The second-order valence-electron chi connectivity index (χ2n) is 12.4. The molecule has 0 aromatic carbocycles. The Kier molecular flexibility index (Phi) is 13.7. The highest BCUT2D eigenvalue weighted by molar-refractivity contribution is 6.38. The van der Waals surface area contributed by atoms with Gasteiger partial charge in [0.05, 0.1) is 12.1 Å². The number of carbonyl (C=O) groups excluding carboxylic acids is 5. The Labute approximate surface area is 250 Å². The van der Waals surface area contributed by atoms with Gasteiger partial charge in [-0.2, -0.15) is 0 Å². The molecule has 3 N–H and O–H groups in total. The van der Waals surface area contributed by atoms with Gasteiger partial charge in [-0.05, 0) is 66.7 Å². The molecule has 2 rings (SSSR count). The summed E-state index contributed by atoms with van der Waals surface area (Å²) in [7, 11) is 0. The van der Waals surface area contributed by atoms with Crippen LogP contribution in [0.4, 0.5) is 4.79 Å². The van der Waals surface area contributed by atoms with Crippen molar-refractivity contribution in [3.8, 4) is 0 Å². The lowest BCUT2D eigenvalue weighted by Gasteiger charge is -2.32. The van der Waals surface area contributed by atoms with Crippen molar-refractivity contribution in [2.45, 2.75) is 116 Å². The van der Waals surface area contributed by atoms with Gasteiger partial charge in [0.25, 0.3) is 5.91 Å². The maximum absolute atomic E-state index is 14.1. The zero-order valence-electron chi connectivity index (χ0n) is 26.1. The monoisotopic (exact) mass is 590 g/mol. The third-order valence-corrected chi connectivity index (χ3v) is 7.18. The van der Waals surface area contributed by atoms with E-state index in [9.17, 15) is 24.0 Å². The van der Waals surface area contributed by atoms with Crippen LogP contribution in [0.25, 0.3) is 0 Å². The Balaban J connectivity index is 2.43. The number of allylic oxidation sites excluding steroid dienone is 1. The molecule has 0 unspecified atom stereocenters. The molecule has 2 saturated heterocycles. The topological polar surface area (TPSA) is 143 Å². The lowest BCUT2D eigenvalue weighted by molar-refractivity contribution is -0.144. The predicted molar refractivity (Wildman–Crippen MR) is 159 cm³/mol. The van der Waals surface area contributed by atoms with Crippen LogP contribution in [0, 0.1) is 5.92 Å². The van der Waals surface area contributed by atoms with Gasteiger partial charge in [-0.3, -0.25) is 19.2 Å². The molecule has 0 bridgehead atoms. The summed E-state index contributed by atoms with van der Waals surface area (Å²) in [5.41, 5.74) is 0.263. The number of amides is 4. The number of ketones is 1. The summed E-state index contributed by atoms with van der Waals surface area (Å²) in [6.45, 7) is 15.1. The summed E-state index contributed by atoms with van der Waals surface area (Å²) in [5, 5.41) is 7.96. The fourth-order valence-corrected chi connectivity index (χ4v) is 5.24.